The zero-order valence-corrected chi connectivity index (χ0v) is 16.8. The van der Waals surface area contributed by atoms with Gasteiger partial charge in [0.25, 0.3) is 0 Å². The summed E-state index contributed by atoms with van der Waals surface area (Å²) in [5, 5.41) is 0. The summed E-state index contributed by atoms with van der Waals surface area (Å²) < 4.78 is 0. The van der Waals surface area contributed by atoms with E-state index in [0.29, 0.717) is 0 Å². The van der Waals surface area contributed by atoms with Crippen LogP contribution in [0.4, 0.5) is 0 Å². The molecular weight excluding hydrogens is 439 g/mol. The van der Waals surface area contributed by atoms with Crippen molar-refractivity contribution >= 4 is 0 Å². The van der Waals surface area contributed by atoms with Crippen LogP contribution in [0.15, 0.2) is 42.6 Å². The molecule has 0 bridgehead atoms. The van der Waals surface area contributed by atoms with Gasteiger partial charge in [0.05, 0.1) is 0 Å². The number of hydrogen-bond donors (Lipinski definition) is 1. The predicted octanol–water partition coefficient (Wildman–Crippen LogP) is 5.97. The molecule has 0 saturated heterocycles. The Kier molecular flexibility index (Phi) is 32.6. The van der Waals surface area contributed by atoms with Gasteiger partial charge in [0.1, 0.15) is 0 Å². The zero-order chi connectivity index (χ0) is 13.1. The second-order valence-corrected chi connectivity index (χ2v) is 2.95. The molecule has 0 saturated carbocycles. The Hall–Kier alpha value is -0.982. The van der Waals surface area contributed by atoms with Gasteiger partial charge in [0, 0.05) is 27.3 Å². The van der Waals surface area contributed by atoms with Crippen molar-refractivity contribution in [2.45, 2.75) is 34.6 Å². The van der Waals surface area contributed by atoms with Gasteiger partial charge in [0.15, 0.2) is 0 Å². The fourth-order valence-corrected chi connectivity index (χ4v) is 1.31. The Morgan fingerprint density at radius 1 is 0.905 bits per heavy atom. The third-order valence-corrected chi connectivity index (χ3v) is 1.97. The summed E-state index contributed by atoms with van der Waals surface area (Å²) in [6.07, 6.45) is 1.81. The van der Waals surface area contributed by atoms with E-state index in [0.717, 1.165) is 11.3 Å². The van der Waals surface area contributed by atoms with Crippen LogP contribution in [0.25, 0.3) is 11.3 Å². The van der Waals surface area contributed by atoms with Crippen LogP contribution in [0, 0.1) is 27.8 Å². The maximum absolute atomic E-state index is 4.32. The molecule has 2 nitrogen and oxygen atoms in total. The van der Waals surface area contributed by atoms with Crippen molar-refractivity contribution in [2.24, 2.45) is 0 Å². The van der Waals surface area contributed by atoms with E-state index < -0.39 is 0 Å². The fraction of sp³-hybridized carbons (Fsp3) is 0.278. The van der Waals surface area contributed by atoms with Crippen LogP contribution >= 0.6 is 0 Å². The van der Waals surface area contributed by atoms with Gasteiger partial charge in [-0.2, -0.15) is 0 Å². The predicted molar refractivity (Wildman–Crippen MR) is 93.8 cm³/mol. The van der Waals surface area contributed by atoms with E-state index in [2.05, 4.69) is 24.0 Å². The van der Waals surface area contributed by atoms with Gasteiger partial charge in [-0.25, -0.2) is 0 Å². The van der Waals surface area contributed by atoms with E-state index in [-0.39, 0.29) is 42.1 Å². The molecule has 0 unspecified atom stereocenters. The van der Waals surface area contributed by atoms with E-state index in [1.807, 2.05) is 64.2 Å². The van der Waals surface area contributed by atoms with Crippen LogP contribution in [-0.4, -0.2) is 4.98 Å². The van der Waals surface area contributed by atoms with Crippen molar-refractivity contribution in [3.8, 4) is 11.3 Å². The molecule has 0 amide bonds. The first-order valence-electron chi connectivity index (χ1n) is 6.26. The molecule has 0 aliphatic carbocycles. The minimum atomic E-state index is 0. The van der Waals surface area contributed by atoms with Crippen molar-refractivity contribution in [3.05, 3.63) is 69.1 Å². The Morgan fingerprint density at radius 2 is 1.48 bits per heavy atom. The first kappa shape index (κ1) is 32.1. The van der Waals surface area contributed by atoms with Crippen LogP contribution in [-0.2, 0) is 21.1 Å². The van der Waals surface area contributed by atoms with Crippen molar-refractivity contribution in [3.63, 3.8) is 0 Å². The summed E-state index contributed by atoms with van der Waals surface area (Å²) >= 11 is 0. The monoisotopic (exact) mass is 470 g/mol. The van der Waals surface area contributed by atoms with Crippen molar-refractivity contribution in [2.75, 3.05) is 0 Å². The van der Waals surface area contributed by atoms with Crippen LogP contribution in [0.2, 0.25) is 0 Å². The number of aromatic nitrogens is 1. The Morgan fingerprint density at radius 3 is 1.90 bits per heavy atom. The molecule has 2 rings (SSSR count). The Balaban J connectivity index is -0.0000000989. The number of rotatable bonds is 1. The molecule has 3 N–H and O–H groups in total. The molecule has 0 aliphatic rings. The minimum absolute atomic E-state index is 0. The molecule has 0 fully saturated rings. The van der Waals surface area contributed by atoms with Gasteiger partial charge in [-0.15, -0.1) is 35.9 Å². The average Bonchev–Trinajstić information content (AvgIpc) is 2.45. The third-order valence-electron chi connectivity index (χ3n) is 1.97. The Bertz CT molecular complexity index is 403. The maximum atomic E-state index is 4.32. The summed E-state index contributed by atoms with van der Waals surface area (Å²) in [7, 11) is 0. The topological polar surface area (TPSA) is 47.9 Å². The average molecular weight is 471 g/mol. The van der Waals surface area contributed by atoms with E-state index in [1.54, 1.807) is 0 Å². The van der Waals surface area contributed by atoms with Gasteiger partial charge in [0.2, 0.25) is 0 Å². The molecule has 2 aromatic rings. The van der Waals surface area contributed by atoms with Gasteiger partial charge in [-0.1, -0.05) is 39.3 Å². The standard InChI is InChI=1S/C12H10N.2C2H6.2CH3.H3N.Pt/c1-10-6-5-9-13-12(10)11-7-3-2-4-8-11;2*1-2;;;;/h2-7,9H,1H3;2*1-2H3;3*1H3;/q-1;;;2*-1;;. The van der Waals surface area contributed by atoms with Crippen LogP contribution in [0.5, 0.6) is 0 Å². The van der Waals surface area contributed by atoms with Crippen LogP contribution in [0.1, 0.15) is 33.3 Å². The first-order chi connectivity index (χ1) is 8.38. The summed E-state index contributed by atoms with van der Waals surface area (Å²) in [5.74, 6) is 0. The van der Waals surface area contributed by atoms with Crippen LogP contribution < -0.4 is 6.15 Å². The van der Waals surface area contributed by atoms with Gasteiger partial charge in [-0.3, -0.25) is 0 Å². The largest absolute Gasteiger partial charge is 0.358 e. The first-order valence-corrected chi connectivity index (χ1v) is 6.26. The molecule has 0 atom stereocenters. The SMILES string of the molecule is CC.CC.Cc1cccnc1-c1[c-]cccc1.N.[CH3-].[CH3-].[Pt]. The second-order valence-electron chi connectivity index (χ2n) is 2.95. The number of aryl methyl sites for hydroxylation is 1. The molecule has 3 heteroatoms. The molecule has 126 valence electrons. The van der Waals surface area contributed by atoms with Crippen molar-refractivity contribution < 1.29 is 21.1 Å². The Labute approximate surface area is 147 Å². The number of hydrogen-bond acceptors (Lipinski definition) is 2. The third kappa shape index (κ3) is 11.4. The summed E-state index contributed by atoms with van der Waals surface area (Å²) in [6, 6.07) is 15.1. The molecule has 1 heterocycles. The summed E-state index contributed by atoms with van der Waals surface area (Å²) in [6.45, 7) is 10.1. The van der Waals surface area contributed by atoms with E-state index in [4.69, 9.17) is 0 Å². The number of nitrogens with zero attached hydrogens (tertiary/aromatic N) is 1. The number of pyridine rings is 1. The molecule has 21 heavy (non-hydrogen) atoms. The minimum Gasteiger partial charge on any atom is -0.358 e. The van der Waals surface area contributed by atoms with E-state index in [1.165, 1.54) is 5.56 Å². The molecule has 0 spiro atoms. The number of benzene rings is 1. The molecular formula is C18H31N2Pt-3. The maximum Gasteiger partial charge on any atom is 0.0160 e. The summed E-state index contributed by atoms with van der Waals surface area (Å²) in [5.41, 5.74) is 3.26. The van der Waals surface area contributed by atoms with Crippen molar-refractivity contribution in [1.29, 1.82) is 0 Å². The molecule has 0 radical (unpaired) electrons. The normalized spacial score (nSPS) is 6.71. The quantitative estimate of drug-likeness (QED) is 0.522. The van der Waals surface area contributed by atoms with E-state index in [9.17, 15) is 0 Å². The van der Waals surface area contributed by atoms with Gasteiger partial charge in [-0.05, 0) is 18.7 Å². The zero-order valence-electron chi connectivity index (χ0n) is 14.5. The van der Waals surface area contributed by atoms with Crippen molar-refractivity contribution in [1.82, 2.24) is 11.1 Å². The smallest absolute Gasteiger partial charge is 0.0160 e. The molecule has 0 aliphatic heterocycles. The fourth-order valence-electron chi connectivity index (χ4n) is 1.31. The van der Waals surface area contributed by atoms with Gasteiger partial charge < -0.3 is 26.0 Å². The second kappa shape index (κ2) is 21.3. The van der Waals surface area contributed by atoms with E-state index >= 15 is 0 Å². The molecule has 1 aromatic carbocycles. The van der Waals surface area contributed by atoms with Gasteiger partial charge >= 0.3 is 0 Å². The molecule has 1 aromatic heterocycles. The van der Waals surface area contributed by atoms with Crippen LogP contribution in [0.3, 0.4) is 0 Å². The summed E-state index contributed by atoms with van der Waals surface area (Å²) in [4.78, 5) is 4.32.